The van der Waals surface area contributed by atoms with E-state index in [-0.39, 0.29) is 5.91 Å². The van der Waals surface area contributed by atoms with Crippen LogP contribution >= 0.6 is 11.3 Å². The fourth-order valence-electron chi connectivity index (χ4n) is 2.01. The van der Waals surface area contributed by atoms with Gasteiger partial charge in [0.15, 0.2) is 6.04 Å². The number of carbonyl (C=O) groups is 2. The smallest absolute Gasteiger partial charge is 0.331 e. The fourth-order valence-corrected chi connectivity index (χ4v) is 2.78. The van der Waals surface area contributed by atoms with Gasteiger partial charge >= 0.3 is 5.97 Å². The lowest BCUT2D eigenvalue weighted by Gasteiger charge is -2.12. The van der Waals surface area contributed by atoms with Gasteiger partial charge in [-0.15, -0.1) is 11.3 Å². The lowest BCUT2D eigenvalue weighted by atomic mass is 10.1. The molecule has 5 heteroatoms. The SMILES string of the molecule is CCCCCCCCC(=O)NC(C(=O)O)c1cccs1. The van der Waals surface area contributed by atoms with Crippen LogP contribution in [-0.4, -0.2) is 17.0 Å². The minimum atomic E-state index is -1.01. The number of carbonyl (C=O) groups excluding carboxylic acids is 1. The third kappa shape index (κ3) is 6.19. The summed E-state index contributed by atoms with van der Waals surface area (Å²) >= 11 is 1.34. The minimum absolute atomic E-state index is 0.179. The molecule has 2 N–H and O–H groups in total. The molecule has 0 aromatic carbocycles. The lowest BCUT2D eigenvalue weighted by molar-refractivity contribution is -0.142. The number of thiophene rings is 1. The Morgan fingerprint density at radius 2 is 1.95 bits per heavy atom. The van der Waals surface area contributed by atoms with Gasteiger partial charge in [0.05, 0.1) is 0 Å². The molecule has 0 aliphatic heterocycles. The third-order valence-electron chi connectivity index (χ3n) is 3.14. The van der Waals surface area contributed by atoms with Crippen molar-refractivity contribution < 1.29 is 14.7 Å². The zero-order valence-corrected chi connectivity index (χ0v) is 12.7. The van der Waals surface area contributed by atoms with Crippen LogP contribution in [0.1, 0.15) is 62.8 Å². The van der Waals surface area contributed by atoms with Crippen LogP contribution in [0.15, 0.2) is 17.5 Å². The molecule has 1 aromatic heterocycles. The van der Waals surface area contributed by atoms with Gasteiger partial charge in [-0.2, -0.15) is 0 Å². The van der Waals surface area contributed by atoms with Crippen molar-refractivity contribution in [1.82, 2.24) is 5.32 Å². The average Bonchev–Trinajstić information content (AvgIpc) is 2.93. The molecule has 112 valence electrons. The number of carboxylic acids is 1. The minimum Gasteiger partial charge on any atom is -0.479 e. The Morgan fingerprint density at radius 3 is 2.55 bits per heavy atom. The van der Waals surface area contributed by atoms with Gasteiger partial charge in [-0.25, -0.2) is 4.79 Å². The Balaban J connectivity index is 2.27. The molecular formula is C15H23NO3S. The predicted octanol–water partition coefficient (Wildman–Crippen LogP) is 3.74. The molecular weight excluding hydrogens is 274 g/mol. The highest BCUT2D eigenvalue weighted by molar-refractivity contribution is 7.10. The number of aliphatic carboxylic acids is 1. The normalized spacial score (nSPS) is 12.1. The maximum Gasteiger partial charge on any atom is 0.331 e. The lowest BCUT2D eigenvalue weighted by Crippen LogP contribution is -2.33. The maximum absolute atomic E-state index is 11.8. The maximum atomic E-state index is 11.8. The number of hydrogen-bond acceptors (Lipinski definition) is 3. The molecule has 0 bridgehead atoms. The van der Waals surface area contributed by atoms with Crippen molar-refractivity contribution >= 4 is 23.2 Å². The second-order valence-electron chi connectivity index (χ2n) is 4.87. The van der Waals surface area contributed by atoms with E-state index in [4.69, 9.17) is 5.11 Å². The first-order valence-electron chi connectivity index (χ1n) is 7.20. The van der Waals surface area contributed by atoms with E-state index < -0.39 is 12.0 Å². The molecule has 1 aromatic rings. The summed E-state index contributed by atoms with van der Waals surface area (Å²) < 4.78 is 0. The molecule has 1 heterocycles. The van der Waals surface area contributed by atoms with Crippen molar-refractivity contribution in [2.75, 3.05) is 0 Å². The van der Waals surface area contributed by atoms with Gasteiger partial charge in [0.25, 0.3) is 0 Å². The van der Waals surface area contributed by atoms with E-state index in [0.29, 0.717) is 11.3 Å². The highest BCUT2D eigenvalue weighted by Crippen LogP contribution is 2.19. The van der Waals surface area contributed by atoms with Crippen LogP contribution in [0.4, 0.5) is 0 Å². The van der Waals surface area contributed by atoms with Crippen molar-refractivity contribution in [3.8, 4) is 0 Å². The summed E-state index contributed by atoms with van der Waals surface area (Å²) in [6.07, 6.45) is 7.07. The molecule has 1 amide bonds. The van der Waals surface area contributed by atoms with Crippen molar-refractivity contribution in [2.24, 2.45) is 0 Å². The van der Waals surface area contributed by atoms with Crippen molar-refractivity contribution in [3.63, 3.8) is 0 Å². The Morgan fingerprint density at radius 1 is 1.25 bits per heavy atom. The summed E-state index contributed by atoms with van der Waals surface area (Å²) in [5.41, 5.74) is 0. The molecule has 4 nitrogen and oxygen atoms in total. The van der Waals surface area contributed by atoms with Crippen molar-refractivity contribution in [1.29, 1.82) is 0 Å². The van der Waals surface area contributed by atoms with E-state index in [2.05, 4.69) is 12.2 Å². The van der Waals surface area contributed by atoms with E-state index in [9.17, 15) is 9.59 Å². The highest BCUT2D eigenvalue weighted by Gasteiger charge is 2.22. The number of nitrogens with one attached hydrogen (secondary N) is 1. The monoisotopic (exact) mass is 297 g/mol. The van der Waals surface area contributed by atoms with Crippen LogP contribution < -0.4 is 5.32 Å². The quantitative estimate of drug-likeness (QED) is 0.646. The standard InChI is InChI=1S/C15H23NO3S/c1-2-3-4-5-6-7-10-13(17)16-14(15(18)19)12-9-8-11-20-12/h8-9,11,14H,2-7,10H2,1H3,(H,16,17)(H,18,19). The van der Waals surface area contributed by atoms with Crippen LogP contribution in [0.5, 0.6) is 0 Å². The zero-order valence-electron chi connectivity index (χ0n) is 11.9. The molecule has 0 saturated carbocycles. The van der Waals surface area contributed by atoms with Gasteiger partial charge in [-0.3, -0.25) is 4.79 Å². The zero-order chi connectivity index (χ0) is 14.8. The summed E-state index contributed by atoms with van der Waals surface area (Å²) in [7, 11) is 0. The van der Waals surface area contributed by atoms with Gasteiger partial charge in [0.1, 0.15) is 0 Å². The second-order valence-corrected chi connectivity index (χ2v) is 5.85. The van der Waals surface area contributed by atoms with Gasteiger partial charge in [0, 0.05) is 11.3 Å². The Bertz CT molecular complexity index is 403. The predicted molar refractivity (Wildman–Crippen MR) is 80.8 cm³/mol. The summed E-state index contributed by atoms with van der Waals surface area (Å²) in [4.78, 5) is 23.6. The third-order valence-corrected chi connectivity index (χ3v) is 4.07. The summed E-state index contributed by atoms with van der Waals surface area (Å²) in [6.45, 7) is 2.17. The van der Waals surface area contributed by atoms with E-state index in [1.807, 2.05) is 5.38 Å². The summed E-state index contributed by atoms with van der Waals surface area (Å²) in [5, 5.41) is 13.6. The molecule has 0 radical (unpaired) electrons. The Labute approximate surface area is 124 Å². The summed E-state index contributed by atoms with van der Waals surface area (Å²) in [6, 6.07) is 2.60. The molecule has 0 saturated heterocycles. The molecule has 0 spiro atoms. The number of rotatable bonds is 10. The number of carboxylic acid groups (broad SMARTS) is 1. The molecule has 1 atom stereocenters. The van der Waals surface area contributed by atoms with Gasteiger partial charge in [0.2, 0.25) is 5.91 Å². The molecule has 1 rings (SSSR count). The van der Waals surface area contributed by atoms with E-state index in [0.717, 1.165) is 19.3 Å². The molecule has 0 aliphatic carbocycles. The van der Waals surface area contributed by atoms with Gasteiger partial charge < -0.3 is 10.4 Å². The van der Waals surface area contributed by atoms with Crippen LogP contribution in [0, 0.1) is 0 Å². The average molecular weight is 297 g/mol. The van der Waals surface area contributed by atoms with Gasteiger partial charge in [-0.05, 0) is 17.9 Å². The topological polar surface area (TPSA) is 66.4 Å². The van der Waals surface area contributed by atoms with Gasteiger partial charge in [-0.1, -0.05) is 45.1 Å². The highest BCUT2D eigenvalue weighted by atomic mass is 32.1. The van der Waals surface area contributed by atoms with Crippen molar-refractivity contribution in [2.45, 2.75) is 57.9 Å². The van der Waals surface area contributed by atoms with Crippen LogP contribution in [0.2, 0.25) is 0 Å². The first kappa shape index (κ1) is 16.7. The molecule has 0 aliphatic rings. The second kappa shape index (κ2) is 9.53. The number of hydrogen-bond donors (Lipinski definition) is 2. The number of unbranched alkanes of at least 4 members (excludes halogenated alkanes) is 5. The first-order valence-corrected chi connectivity index (χ1v) is 8.08. The molecule has 20 heavy (non-hydrogen) atoms. The largest absolute Gasteiger partial charge is 0.479 e. The first-order chi connectivity index (χ1) is 9.65. The van der Waals surface area contributed by atoms with Crippen LogP contribution in [0.3, 0.4) is 0 Å². The van der Waals surface area contributed by atoms with E-state index in [1.165, 1.54) is 30.6 Å². The molecule has 1 unspecified atom stereocenters. The van der Waals surface area contributed by atoms with Crippen LogP contribution in [0.25, 0.3) is 0 Å². The fraction of sp³-hybridized carbons (Fsp3) is 0.600. The Kier molecular flexibility index (Phi) is 7.95. The summed E-state index contributed by atoms with van der Waals surface area (Å²) in [5.74, 6) is -1.19. The van der Waals surface area contributed by atoms with E-state index in [1.54, 1.807) is 12.1 Å². The Hall–Kier alpha value is -1.36. The van der Waals surface area contributed by atoms with Crippen molar-refractivity contribution in [3.05, 3.63) is 22.4 Å². The molecule has 0 fully saturated rings. The number of amides is 1. The van der Waals surface area contributed by atoms with E-state index >= 15 is 0 Å². The van der Waals surface area contributed by atoms with Crippen LogP contribution in [-0.2, 0) is 9.59 Å².